The summed E-state index contributed by atoms with van der Waals surface area (Å²) in [6, 6.07) is 4.05. The Morgan fingerprint density at radius 2 is 1.81 bits per heavy atom. The van der Waals surface area contributed by atoms with E-state index in [1.54, 1.807) is 0 Å². The van der Waals surface area contributed by atoms with Gasteiger partial charge in [0.2, 0.25) is 0 Å². The lowest BCUT2D eigenvalue weighted by Gasteiger charge is -2.40. The lowest BCUT2D eigenvalue weighted by atomic mass is 9.73. The highest BCUT2D eigenvalue weighted by atomic mass is 79.9. The third-order valence-electron chi connectivity index (χ3n) is 6.77. The fraction of sp³-hybridized carbons (Fsp3) is 0.320. The number of Topliss-reactive ketones (excluding diaryl/α,β-unsaturated/α-hetero) is 1. The van der Waals surface area contributed by atoms with Crippen molar-refractivity contribution in [2.75, 3.05) is 13.2 Å². The molecular formula is C25H23BrN4O2. The van der Waals surface area contributed by atoms with Gasteiger partial charge in [0.15, 0.2) is 10.2 Å². The Bertz CT molecular complexity index is 1350. The third kappa shape index (κ3) is 2.98. The van der Waals surface area contributed by atoms with Crippen LogP contribution in [0.4, 0.5) is 0 Å². The summed E-state index contributed by atoms with van der Waals surface area (Å²) >= 11 is 3.78. The Hall–Kier alpha value is -2.77. The molecule has 162 valence electrons. The number of carbonyl (C=O) groups is 1. The molecule has 2 atom stereocenters. The van der Waals surface area contributed by atoms with E-state index in [-0.39, 0.29) is 11.7 Å². The van der Waals surface area contributed by atoms with Crippen LogP contribution < -0.4 is 16.0 Å². The minimum absolute atomic E-state index is 0.0481. The van der Waals surface area contributed by atoms with E-state index in [0.29, 0.717) is 13.2 Å². The van der Waals surface area contributed by atoms with Gasteiger partial charge in [-0.3, -0.25) is 9.79 Å². The average Bonchev–Trinajstić information content (AvgIpc) is 3.43. The quantitative estimate of drug-likeness (QED) is 0.467. The summed E-state index contributed by atoms with van der Waals surface area (Å²) in [6.07, 6.45) is 15.9. The van der Waals surface area contributed by atoms with Crippen LogP contribution in [0.2, 0.25) is 0 Å². The summed E-state index contributed by atoms with van der Waals surface area (Å²) in [7, 11) is 0. The molecule has 0 aromatic carbocycles. The number of H-pyrrole nitrogens is 1. The molecule has 2 N–H and O–H groups in total. The first-order valence-corrected chi connectivity index (χ1v) is 11.6. The van der Waals surface area contributed by atoms with Gasteiger partial charge in [-0.15, -0.1) is 0 Å². The number of allylic oxidation sites excluding steroid dienone is 4. The summed E-state index contributed by atoms with van der Waals surface area (Å²) in [5.74, 6) is 0.178. The number of rotatable bonds is 1. The predicted molar refractivity (Wildman–Crippen MR) is 129 cm³/mol. The normalized spacial score (nSPS) is 32.3. The lowest BCUT2D eigenvalue weighted by molar-refractivity contribution is -0.136. The van der Waals surface area contributed by atoms with Gasteiger partial charge < -0.3 is 15.0 Å². The molecule has 2 saturated heterocycles. The topological polar surface area (TPSA) is 78.8 Å². The van der Waals surface area contributed by atoms with E-state index < -0.39 is 15.4 Å². The number of aromatic nitrogens is 1. The van der Waals surface area contributed by atoms with Gasteiger partial charge in [-0.1, -0.05) is 0 Å². The number of alkyl halides is 1. The van der Waals surface area contributed by atoms with Gasteiger partial charge in [0.25, 0.3) is 0 Å². The van der Waals surface area contributed by atoms with Crippen LogP contribution in [0, 0.1) is 11.3 Å². The van der Waals surface area contributed by atoms with Crippen molar-refractivity contribution in [2.24, 2.45) is 21.3 Å². The summed E-state index contributed by atoms with van der Waals surface area (Å²) < 4.78 is 4.79. The third-order valence-corrected chi connectivity index (χ3v) is 7.44. The molecular weight excluding hydrogens is 468 g/mol. The Morgan fingerprint density at radius 3 is 2.53 bits per heavy atom. The van der Waals surface area contributed by atoms with Crippen LogP contribution >= 0.6 is 15.9 Å². The largest absolute Gasteiger partial charge is 0.380 e. The molecule has 6 rings (SSSR count). The highest BCUT2D eigenvalue weighted by Crippen LogP contribution is 2.47. The maximum Gasteiger partial charge on any atom is 0.174 e. The van der Waals surface area contributed by atoms with E-state index in [2.05, 4.69) is 26.2 Å². The van der Waals surface area contributed by atoms with Gasteiger partial charge in [0.1, 0.15) is 5.54 Å². The van der Waals surface area contributed by atoms with Crippen LogP contribution in [0.3, 0.4) is 0 Å². The van der Waals surface area contributed by atoms with E-state index in [1.165, 1.54) is 0 Å². The maximum atomic E-state index is 13.9. The SMILES string of the molecule is CC1(C)C(=O)C2(C3COC3)C=C3C=CC(=N3)C=c3ccc([nH]3)=CC3=NC(Br)(C=C3)C=C1N2. The number of ketones is 1. The van der Waals surface area contributed by atoms with Crippen molar-refractivity contribution in [1.29, 1.82) is 0 Å². The predicted octanol–water partition coefficient (Wildman–Crippen LogP) is 2.05. The minimum Gasteiger partial charge on any atom is -0.380 e. The molecule has 7 heteroatoms. The molecule has 0 aliphatic carbocycles. The van der Waals surface area contributed by atoms with Gasteiger partial charge in [0, 0.05) is 22.3 Å². The standard InChI is InChI=1S/C25H23BrN4O2/c1-23(2)21-12-24(26)8-7-19(29-24)10-18-4-3-16(27-18)9-17-5-6-20(28-17)11-25(30-21,22(23)31)15-13-32-14-15/h3-12,15,27,30H,13-14H2,1-2H3. The first-order valence-electron chi connectivity index (χ1n) is 10.8. The van der Waals surface area contributed by atoms with Gasteiger partial charge in [0.05, 0.1) is 35.7 Å². The van der Waals surface area contributed by atoms with Crippen LogP contribution in [0.25, 0.3) is 12.2 Å². The second-order valence-corrected chi connectivity index (χ2v) is 10.7. The van der Waals surface area contributed by atoms with E-state index in [1.807, 2.05) is 74.6 Å². The van der Waals surface area contributed by atoms with Gasteiger partial charge >= 0.3 is 0 Å². The summed E-state index contributed by atoms with van der Waals surface area (Å²) in [4.78, 5) is 26.9. The smallest absolute Gasteiger partial charge is 0.174 e. The highest BCUT2D eigenvalue weighted by Gasteiger charge is 2.59. The van der Waals surface area contributed by atoms with Gasteiger partial charge in [-0.25, -0.2) is 4.99 Å². The number of aliphatic imine (C=N–C) groups is 2. The molecule has 0 amide bonds. The van der Waals surface area contributed by atoms with Crippen LogP contribution in [0.5, 0.6) is 0 Å². The summed E-state index contributed by atoms with van der Waals surface area (Å²) in [6.45, 7) is 5.03. The summed E-state index contributed by atoms with van der Waals surface area (Å²) in [5.41, 5.74) is 1.75. The molecule has 8 bridgehead atoms. The van der Waals surface area contributed by atoms with Crippen LogP contribution in [-0.4, -0.2) is 45.4 Å². The zero-order chi connectivity index (χ0) is 22.1. The molecule has 0 spiro atoms. The number of nitrogens with one attached hydrogen (secondary N) is 2. The summed E-state index contributed by atoms with van der Waals surface area (Å²) in [5, 5.41) is 5.54. The monoisotopic (exact) mass is 490 g/mol. The van der Waals surface area contributed by atoms with Crippen LogP contribution in [0.1, 0.15) is 13.8 Å². The van der Waals surface area contributed by atoms with E-state index >= 15 is 0 Å². The maximum absolute atomic E-state index is 13.9. The molecule has 2 unspecified atom stereocenters. The second-order valence-electron chi connectivity index (χ2n) is 9.44. The van der Waals surface area contributed by atoms with Crippen molar-refractivity contribution in [3.05, 3.63) is 70.7 Å². The Labute approximate surface area is 194 Å². The number of hydrogen-bond donors (Lipinski definition) is 2. The molecule has 2 fully saturated rings. The van der Waals surface area contributed by atoms with Crippen molar-refractivity contribution in [3.8, 4) is 0 Å². The molecule has 0 saturated carbocycles. The molecule has 6 nitrogen and oxygen atoms in total. The fourth-order valence-corrected chi connectivity index (χ4v) is 5.41. The minimum atomic E-state index is -0.868. The van der Waals surface area contributed by atoms with Gasteiger partial charge in [-0.05, 0) is 90.5 Å². The van der Waals surface area contributed by atoms with Crippen LogP contribution in [0.15, 0.2) is 70.0 Å². The van der Waals surface area contributed by atoms with Crippen molar-refractivity contribution >= 4 is 45.3 Å². The van der Waals surface area contributed by atoms with Crippen molar-refractivity contribution < 1.29 is 9.53 Å². The molecule has 32 heavy (non-hydrogen) atoms. The van der Waals surface area contributed by atoms with Crippen molar-refractivity contribution in [1.82, 2.24) is 10.3 Å². The number of nitrogens with zero attached hydrogens (tertiary/aromatic N) is 2. The first-order chi connectivity index (χ1) is 15.3. The fourth-order valence-electron chi connectivity index (χ4n) is 4.84. The number of fused-ring (bicyclic) bond motifs is 6. The second kappa shape index (κ2) is 6.62. The van der Waals surface area contributed by atoms with Crippen molar-refractivity contribution in [2.45, 2.75) is 23.8 Å². The molecule has 1 aromatic rings. The number of carbonyl (C=O) groups excluding carboxylic acids is 1. The molecule has 1 aromatic heterocycles. The van der Waals surface area contributed by atoms with Crippen LogP contribution in [-0.2, 0) is 9.53 Å². The first kappa shape index (κ1) is 19.9. The number of aromatic amines is 1. The average molecular weight is 491 g/mol. The van der Waals surface area contributed by atoms with E-state index in [4.69, 9.17) is 14.7 Å². The number of halogens is 1. The van der Waals surface area contributed by atoms with E-state index in [0.717, 1.165) is 33.5 Å². The molecule has 6 heterocycles. The molecule has 5 aliphatic rings. The molecule has 5 aliphatic heterocycles. The number of ether oxygens (including phenoxy) is 1. The zero-order valence-electron chi connectivity index (χ0n) is 17.9. The Morgan fingerprint density at radius 1 is 1.06 bits per heavy atom. The van der Waals surface area contributed by atoms with Crippen molar-refractivity contribution in [3.63, 3.8) is 0 Å². The van der Waals surface area contributed by atoms with E-state index in [9.17, 15) is 4.79 Å². The van der Waals surface area contributed by atoms with Gasteiger partial charge in [-0.2, -0.15) is 0 Å². The Kier molecular flexibility index (Phi) is 4.11. The highest BCUT2D eigenvalue weighted by molar-refractivity contribution is 9.10. The number of hydrogen-bond acceptors (Lipinski definition) is 5. The Balaban J connectivity index is 1.59. The zero-order valence-corrected chi connectivity index (χ0v) is 19.4. The molecule has 0 radical (unpaired) electrons. The lowest BCUT2D eigenvalue weighted by Crippen LogP contribution is -2.58.